The highest BCUT2D eigenvalue weighted by atomic mass is 35.5. The zero-order chi connectivity index (χ0) is 18.4. The summed E-state index contributed by atoms with van der Waals surface area (Å²) in [6.07, 6.45) is 1.86. The Kier molecular flexibility index (Phi) is 6.27. The number of benzene rings is 2. The zero-order valence-corrected chi connectivity index (χ0v) is 14.3. The fraction of sp³-hybridized carbons (Fsp3) is 0.167. The van der Waals surface area contributed by atoms with Crippen molar-refractivity contribution >= 4 is 29.1 Å². The number of hydrogen-bond donors (Lipinski definition) is 5. The maximum absolute atomic E-state index is 10.0. The maximum Gasteiger partial charge on any atom is 0.137 e. The lowest BCUT2D eigenvalue weighted by Gasteiger charge is -2.12. The van der Waals surface area contributed by atoms with E-state index in [2.05, 4.69) is 0 Å². The van der Waals surface area contributed by atoms with Crippen LogP contribution in [0.3, 0.4) is 0 Å². The van der Waals surface area contributed by atoms with E-state index in [1.807, 2.05) is 0 Å². The van der Waals surface area contributed by atoms with Crippen molar-refractivity contribution in [2.75, 3.05) is 13.2 Å². The summed E-state index contributed by atoms with van der Waals surface area (Å²) in [4.78, 5) is 0. The summed E-state index contributed by atoms with van der Waals surface area (Å²) in [5.41, 5.74) is 13.0. The van der Waals surface area contributed by atoms with E-state index in [4.69, 9.17) is 33.2 Å². The lowest BCUT2D eigenvalue weighted by molar-refractivity contribution is 0.313. The van der Waals surface area contributed by atoms with Gasteiger partial charge in [-0.1, -0.05) is 23.7 Å². The summed E-state index contributed by atoms with van der Waals surface area (Å²) in [5, 5.41) is 27.2. The molecule has 7 heteroatoms. The first-order chi connectivity index (χ1) is 12.0. The molecule has 0 fully saturated rings. The van der Waals surface area contributed by atoms with Crippen LogP contribution in [0.5, 0.6) is 17.2 Å². The molecule has 0 spiro atoms. The van der Waals surface area contributed by atoms with Crippen LogP contribution >= 0.6 is 11.6 Å². The van der Waals surface area contributed by atoms with Crippen molar-refractivity contribution in [3.63, 3.8) is 0 Å². The molecular formula is C18H20ClN3O3. The van der Waals surface area contributed by atoms with Gasteiger partial charge in [-0.15, -0.1) is 0 Å². The summed E-state index contributed by atoms with van der Waals surface area (Å²) in [5.74, 6) is 0.224. The molecule has 6 nitrogen and oxygen atoms in total. The van der Waals surface area contributed by atoms with Crippen LogP contribution in [0.4, 0.5) is 0 Å². The first-order valence-corrected chi connectivity index (χ1v) is 8.01. The summed E-state index contributed by atoms with van der Waals surface area (Å²) in [7, 11) is 0. The van der Waals surface area contributed by atoms with Crippen LogP contribution in [0.15, 0.2) is 36.4 Å². The molecule has 0 bridgehead atoms. The average Bonchev–Trinajstić information content (AvgIpc) is 2.60. The van der Waals surface area contributed by atoms with Crippen molar-refractivity contribution in [1.82, 2.24) is 0 Å². The molecule has 2 aromatic carbocycles. The zero-order valence-electron chi connectivity index (χ0n) is 13.5. The molecule has 0 saturated carbocycles. The molecule has 0 aliphatic heterocycles. The molecule has 7 N–H and O–H groups in total. The summed E-state index contributed by atoms with van der Waals surface area (Å²) in [6.45, 7) is 1.10. The van der Waals surface area contributed by atoms with E-state index in [1.54, 1.807) is 24.3 Å². The lowest BCUT2D eigenvalue weighted by atomic mass is 10.00. The van der Waals surface area contributed by atoms with Gasteiger partial charge in [-0.3, -0.25) is 0 Å². The van der Waals surface area contributed by atoms with Gasteiger partial charge in [-0.2, -0.15) is 0 Å². The topological polar surface area (TPSA) is 126 Å². The van der Waals surface area contributed by atoms with Gasteiger partial charge in [0.05, 0.1) is 17.3 Å². The Labute approximate surface area is 150 Å². The predicted octanol–water partition coefficient (Wildman–Crippen LogP) is 2.96. The van der Waals surface area contributed by atoms with Crippen LogP contribution in [0, 0.1) is 5.41 Å². The first-order valence-electron chi connectivity index (χ1n) is 7.63. The molecule has 25 heavy (non-hydrogen) atoms. The number of aromatic hydroxyl groups is 2. The molecule has 0 aliphatic carbocycles. The predicted molar refractivity (Wildman–Crippen MR) is 100 cm³/mol. The largest absolute Gasteiger partial charge is 0.507 e. The van der Waals surface area contributed by atoms with Gasteiger partial charge in [0, 0.05) is 23.4 Å². The summed E-state index contributed by atoms with van der Waals surface area (Å²) in [6, 6.07) is 9.54. The minimum Gasteiger partial charge on any atom is -0.507 e. The van der Waals surface area contributed by atoms with Crippen molar-refractivity contribution in [3.8, 4) is 17.2 Å². The molecule has 0 saturated heterocycles. The van der Waals surface area contributed by atoms with Gasteiger partial charge in [0.1, 0.15) is 17.2 Å². The van der Waals surface area contributed by atoms with Gasteiger partial charge < -0.3 is 31.8 Å². The molecule has 2 aromatic rings. The quantitative estimate of drug-likeness (QED) is 0.294. The fourth-order valence-corrected chi connectivity index (χ4v) is 2.40. The molecule has 0 unspecified atom stereocenters. The highest BCUT2D eigenvalue weighted by molar-refractivity contribution is 6.32. The Bertz CT molecular complexity index is 789. The molecule has 2 rings (SSSR count). The number of allylic oxidation sites excluding steroid dienone is 1. The number of phenols is 2. The summed E-state index contributed by atoms with van der Waals surface area (Å²) < 4.78 is 5.54. The Balaban J connectivity index is 2.36. The second-order valence-corrected chi connectivity index (χ2v) is 5.71. The van der Waals surface area contributed by atoms with Gasteiger partial charge in [0.25, 0.3) is 0 Å². The molecular weight excluding hydrogens is 342 g/mol. The van der Waals surface area contributed by atoms with Crippen molar-refractivity contribution in [1.29, 1.82) is 5.41 Å². The number of halogens is 1. The Hall–Kier alpha value is -2.70. The standard InChI is InChI=1S/C18H20ClN3O3/c19-15-8-13(16(23)9-17(15)24)18(22)14(10-21)11-2-4-12(5-3-11)25-7-1-6-20/h2-5,8-10,21,23-24H,1,6-7,20,22H2/b18-14+,21-10?. The van der Waals surface area contributed by atoms with Crippen molar-refractivity contribution in [2.24, 2.45) is 11.5 Å². The lowest BCUT2D eigenvalue weighted by Crippen LogP contribution is -2.06. The Morgan fingerprint density at radius 2 is 1.84 bits per heavy atom. The van der Waals surface area contributed by atoms with Gasteiger partial charge in [0.2, 0.25) is 0 Å². The molecule has 0 radical (unpaired) electrons. The maximum atomic E-state index is 10.0. The molecule has 0 atom stereocenters. The molecule has 0 aliphatic rings. The van der Waals surface area contributed by atoms with Crippen LogP contribution in [0.1, 0.15) is 17.5 Å². The first kappa shape index (κ1) is 18.6. The highest BCUT2D eigenvalue weighted by Gasteiger charge is 2.14. The number of phenolic OH excluding ortho intramolecular Hbond substituents is 2. The van der Waals surface area contributed by atoms with Crippen LogP contribution in [-0.2, 0) is 0 Å². The third-order valence-corrected chi connectivity index (χ3v) is 3.88. The monoisotopic (exact) mass is 361 g/mol. The van der Waals surface area contributed by atoms with Crippen LogP contribution < -0.4 is 16.2 Å². The van der Waals surface area contributed by atoms with E-state index in [0.29, 0.717) is 30.0 Å². The molecule has 0 heterocycles. The molecule has 0 aromatic heterocycles. The SMILES string of the molecule is N=C/C(=C(\N)c1cc(Cl)c(O)cc1O)c1ccc(OCCCN)cc1. The Morgan fingerprint density at radius 1 is 1.16 bits per heavy atom. The third-order valence-electron chi connectivity index (χ3n) is 3.57. The average molecular weight is 362 g/mol. The van der Waals surface area contributed by atoms with E-state index < -0.39 is 0 Å². The molecule has 132 valence electrons. The van der Waals surface area contributed by atoms with Gasteiger partial charge in [-0.25, -0.2) is 0 Å². The third kappa shape index (κ3) is 4.43. The Morgan fingerprint density at radius 3 is 2.44 bits per heavy atom. The number of hydrogen-bond acceptors (Lipinski definition) is 6. The minimum atomic E-state index is -0.244. The van der Waals surface area contributed by atoms with E-state index >= 15 is 0 Å². The smallest absolute Gasteiger partial charge is 0.137 e. The normalized spacial score (nSPS) is 11.8. The number of rotatable bonds is 7. The van der Waals surface area contributed by atoms with Crippen molar-refractivity contribution in [3.05, 3.63) is 52.5 Å². The van der Waals surface area contributed by atoms with Gasteiger partial charge in [-0.05, 0) is 36.7 Å². The van der Waals surface area contributed by atoms with Crippen molar-refractivity contribution < 1.29 is 14.9 Å². The molecule has 0 amide bonds. The fourth-order valence-electron chi connectivity index (χ4n) is 2.23. The van der Waals surface area contributed by atoms with Gasteiger partial charge in [0.15, 0.2) is 0 Å². The number of nitrogens with two attached hydrogens (primary N) is 2. The van der Waals surface area contributed by atoms with Crippen LogP contribution in [0.25, 0.3) is 11.3 Å². The van der Waals surface area contributed by atoms with Crippen LogP contribution in [-0.4, -0.2) is 29.6 Å². The van der Waals surface area contributed by atoms with E-state index in [-0.39, 0.29) is 27.8 Å². The van der Waals surface area contributed by atoms with Gasteiger partial charge >= 0.3 is 0 Å². The van der Waals surface area contributed by atoms with E-state index in [0.717, 1.165) is 18.7 Å². The van der Waals surface area contributed by atoms with Crippen molar-refractivity contribution in [2.45, 2.75) is 6.42 Å². The second-order valence-electron chi connectivity index (χ2n) is 5.31. The minimum absolute atomic E-state index is 0.0590. The van der Waals surface area contributed by atoms with E-state index in [9.17, 15) is 10.2 Å². The highest BCUT2D eigenvalue weighted by Crippen LogP contribution is 2.35. The van der Waals surface area contributed by atoms with E-state index in [1.165, 1.54) is 6.07 Å². The number of nitrogens with one attached hydrogen (secondary N) is 1. The number of ether oxygens (including phenoxy) is 1. The van der Waals surface area contributed by atoms with Crippen LogP contribution in [0.2, 0.25) is 5.02 Å². The second kappa shape index (κ2) is 8.41. The summed E-state index contributed by atoms with van der Waals surface area (Å²) >= 11 is 5.88.